The standard InChI is InChI=1S/C51H81NO12/c1-31-16-12-11-13-17-33(3)43(60-8)30-39-22-20-37(7)51(59,64-39)48(56)49(57)52-25-15-14-18-40(52)50(58)63-42(34(4)28-38-21-23-41(53)44(29-38)61-9)24-19-32(2)27-36(6)46(55)47(62-10)45(54)35(5)26-31/h11-13,16-17,27,31-32,34-35,37-44,46-47,53,55,59H,14-15,18-26,28-30H2,1-10H3/b13-11+,16-12-,33-17+,36-27+/t31-,32-,34+,35+,37+,38+,39-,40-,41+,42-,43-,44+,46+,47-,51+/m0/s1. The Kier molecular flexibility index (Phi) is 21.1. The molecule has 3 aliphatic heterocycles. The van der Waals surface area contributed by atoms with Crippen LogP contribution in [0.5, 0.6) is 0 Å². The van der Waals surface area contributed by atoms with E-state index in [1.165, 1.54) is 12.0 Å². The number of hydrogen-bond donors (Lipinski definition) is 3. The van der Waals surface area contributed by atoms with Crippen LogP contribution in [0.3, 0.4) is 0 Å². The first-order valence-electron chi connectivity index (χ1n) is 24.0. The molecule has 1 aliphatic carbocycles. The summed E-state index contributed by atoms with van der Waals surface area (Å²) >= 11 is 0. The van der Waals surface area contributed by atoms with Crippen LogP contribution < -0.4 is 0 Å². The van der Waals surface area contributed by atoms with Gasteiger partial charge in [0.25, 0.3) is 11.7 Å². The topological polar surface area (TPSA) is 178 Å². The van der Waals surface area contributed by atoms with Crippen molar-refractivity contribution in [3.05, 3.63) is 47.6 Å². The molecule has 13 nitrogen and oxygen atoms in total. The SMILES string of the molecule is CO[C@H]1C[C@@H]2CC[C@@H](C)[C@@](O)(O2)C(=O)C(=O)N2CCCC[C@H]2C(=O)O[C@H]([C@H](C)C[C@H]2CC[C@@H](O)[C@H](OC)C2)CC[C@H](C)/C=C(\C)[C@@H](O)[C@@H](OC)C(=O)[C@H](C)C[C@@H](C)\C=C/C=C/C=C/1C. The van der Waals surface area contributed by atoms with Crippen molar-refractivity contribution in [1.82, 2.24) is 4.90 Å². The average Bonchev–Trinajstić information content (AvgIpc) is 3.27. The van der Waals surface area contributed by atoms with Crippen molar-refractivity contribution in [3.8, 4) is 0 Å². The zero-order valence-corrected chi connectivity index (χ0v) is 40.4. The number of ether oxygens (including phenoxy) is 5. The maximum Gasteiger partial charge on any atom is 0.329 e. The third-order valence-corrected chi connectivity index (χ3v) is 14.5. The third kappa shape index (κ3) is 14.2. The van der Waals surface area contributed by atoms with E-state index in [-0.39, 0.29) is 48.0 Å². The van der Waals surface area contributed by atoms with E-state index >= 15 is 0 Å². The Morgan fingerprint density at radius 3 is 2.23 bits per heavy atom. The van der Waals surface area contributed by atoms with Gasteiger partial charge in [-0.1, -0.05) is 71.1 Å². The number of aliphatic hydroxyl groups excluding tert-OH is 2. The molecule has 0 aromatic heterocycles. The fraction of sp³-hybridized carbons (Fsp3) is 0.765. The highest BCUT2D eigenvalue weighted by molar-refractivity contribution is 6.39. The van der Waals surface area contributed by atoms with E-state index in [4.69, 9.17) is 23.7 Å². The first-order chi connectivity index (χ1) is 30.3. The van der Waals surface area contributed by atoms with Crippen molar-refractivity contribution in [3.63, 3.8) is 0 Å². The molecular weight excluding hydrogens is 819 g/mol. The Morgan fingerprint density at radius 2 is 1.55 bits per heavy atom. The first kappa shape index (κ1) is 53.6. The summed E-state index contributed by atoms with van der Waals surface area (Å²) < 4.78 is 29.6. The van der Waals surface area contributed by atoms with Gasteiger partial charge in [0.2, 0.25) is 5.79 Å². The molecule has 4 rings (SSSR count). The predicted molar refractivity (Wildman–Crippen MR) is 245 cm³/mol. The molecule has 64 heavy (non-hydrogen) atoms. The lowest BCUT2D eigenvalue weighted by atomic mass is 9.78. The lowest BCUT2D eigenvalue weighted by Crippen LogP contribution is -2.61. The molecule has 15 atom stereocenters. The van der Waals surface area contributed by atoms with Crippen molar-refractivity contribution < 1.29 is 58.2 Å². The second kappa shape index (κ2) is 25.2. The van der Waals surface area contributed by atoms with Crippen molar-refractivity contribution in [1.29, 1.82) is 0 Å². The summed E-state index contributed by atoms with van der Waals surface area (Å²) in [4.78, 5) is 57.8. The number of nitrogens with zero attached hydrogens (tertiary/aromatic N) is 1. The minimum atomic E-state index is -2.38. The van der Waals surface area contributed by atoms with Gasteiger partial charge in [-0.05, 0) is 126 Å². The molecular formula is C51H81NO12. The van der Waals surface area contributed by atoms with Gasteiger partial charge in [-0.25, -0.2) is 4.79 Å². The Balaban J connectivity index is 1.67. The Labute approximate surface area is 383 Å². The number of fused-ring (bicyclic) bond motifs is 3. The zero-order valence-electron chi connectivity index (χ0n) is 40.4. The monoisotopic (exact) mass is 900 g/mol. The van der Waals surface area contributed by atoms with Gasteiger partial charge < -0.3 is 43.9 Å². The zero-order chi connectivity index (χ0) is 47.3. The van der Waals surface area contributed by atoms with Gasteiger partial charge in [-0.2, -0.15) is 0 Å². The largest absolute Gasteiger partial charge is 0.461 e. The summed E-state index contributed by atoms with van der Waals surface area (Å²) in [5.74, 6) is -6.09. The lowest BCUT2D eigenvalue weighted by molar-refractivity contribution is -0.265. The number of ketones is 2. The van der Waals surface area contributed by atoms with Crippen LogP contribution in [0.4, 0.5) is 0 Å². The summed E-state index contributed by atoms with van der Waals surface area (Å²) in [6.07, 6.45) is 14.5. The van der Waals surface area contributed by atoms with Crippen LogP contribution in [0.2, 0.25) is 0 Å². The predicted octanol–water partition coefficient (Wildman–Crippen LogP) is 7.00. The van der Waals surface area contributed by atoms with Gasteiger partial charge in [-0.3, -0.25) is 14.4 Å². The molecule has 0 radical (unpaired) electrons. The number of esters is 1. The fourth-order valence-corrected chi connectivity index (χ4v) is 10.3. The molecule has 0 aromatic rings. The lowest BCUT2D eigenvalue weighted by Gasteiger charge is -2.42. The number of carbonyl (C=O) groups is 4. The molecule has 0 spiro atoms. The summed E-state index contributed by atoms with van der Waals surface area (Å²) in [7, 11) is 4.65. The highest BCUT2D eigenvalue weighted by atomic mass is 16.6. The molecule has 2 saturated heterocycles. The average molecular weight is 900 g/mol. The van der Waals surface area contributed by atoms with Crippen LogP contribution in [0.15, 0.2) is 47.6 Å². The van der Waals surface area contributed by atoms with E-state index in [0.29, 0.717) is 76.2 Å². The van der Waals surface area contributed by atoms with E-state index < -0.39 is 72.0 Å². The Bertz CT molecular complexity index is 1670. The molecule has 2 bridgehead atoms. The number of hydrogen-bond acceptors (Lipinski definition) is 12. The maximum absolute atomic E-state index is 14.4. The minimum Gasteiger partial charge on any atom is -0.461 e. The molecule has 362 valence electrons. The smallest absolute Gasteiger partial charge is 0.329 e. The second-order valence-electron chi connectivity index (χ2n) is 19.7. The minimum absolute atomic E-state index is 0.0678. The van der Waals surface area contributed by atoms with E-state index in [9.17, 15) is 34.5 Å². The van der Waals surface area contributed by atoms with Gasteiger partial charge in [0.05, 0.1) is 24.4 Å². The summed E-state index contributed by atoms with van der Waals surface area (Å²) in [5, 5.41) is 33.9. The normalized spacial score (nSPS) is 40.8. The van der Waals surface area contributed by atoms with E-state index in [0.717, 1.165) is 18.4 Å². The second-order valence-corrected chi connectivity index (χ2v) is 19.7. The van der Waals surface area contributed by atoms with E-state index in [1.54, 1.807) is 28.1 Å². The molecule has 3 heterocycles. The number of piperidine rings is 1. The van der Waals surface area contributed by atoms with Gasteiger partial charge in [0.1, 0.15) is 24.4 Å². The van der Waals surface area contributed by atoms with Gasteiger partial charge >= 0.3 is 5.97 Å². The number of allylic oxidation sites excluding steroid dienone is 6. The van der Waals surface area contributed by atoms with Crippen LogP contribution in [-0.2, 0) is 42.9 Å². The molecule has 3 N–H and O–H groups in total. The van der Waals surface area contributed by atoms with Crippen molar-refractivity contribution >= 4 is 23.4 Å². The fourth-order valence-electron chi connectivity index (χ4n) is 10.3. The molecule has 1 saturated carbocycles. The highest BCUT2D eigenvalue weighted by Gasteiger charge is 2.53. The van der Waals surface area contributed by atoms with E-state index in [2.05, 4.69) is 6.92 Å². The quantitative estimate of drug-likeness (QED) is 0.142. The molecule has 0 unspecified atom stereocenters. The van der Waals surface area contributed by atoms with Crippen LogP contribution >= 0.6 is 0 Å². The number of carbonyl (C=O) groups excluding carboxylic acids is 4. The summed E-state index contributed by atoms with van der Waals surface area (Å²) in [6.45, 7) is 13.6. The Hall–Kier alpha value is -3.04. The van der Waals surface area contributed by atoms with Gasteiger partial charge in [0.15, 0.2) is 5.78 Å². The summed E-state index contributed by atoms with van der Waals surface area (Å²) in [5.41, 5.74) is 1.51. The molecule has 13 heteroatoms. The van der Waals surface area contributed by atoms with Crippen molar-refractivity contribution in [2.75, 3.05) is 27.9 Å². The number of amides is 1. The Morgan fingerprint density at radius 1 is 0.812 bits per heavy atom. The van der Waals surface area contributed by atoms with Crippen LogP contribution in [0, 0.1) is 35.5 Å². The van der Waals surface area contributed by atoms with Crippen LogP contribution in [0.1, 0.15) is 132 Å². The van der Waals surface area contributed by atoms with E-state index in [1.807, 2.05) is 64.2 Å². The number of rotatable bonds is 6. The third-order valence-electron chi connectivity index (χ3n) is 14.5. The van der Waals surface area contributed by atoms with Gasteiger partial charge in [0, 0.05) is 46.1 Å². The number of methoxy groups -OCH3 is 3. The van der Waals surface area contributed by atoms with Crippen LogP contribution in [0.25, 0.3) is 0 Å². The van der Waals surface area contributed by atoms with Crippen molar-refractivity contribution in [2.24, 2.45) is 35.5 Å². The molecule has 1 amide bonds. The number of cyclic esters (lactones) is 1. The molecule has 0 aromatic carbocycles. The maximum atomic E-state index is 14.4. The highest BCUT2D eigenvalue weighted by Crippen LogP contribution is 2.38. The van der Waals surface area contributed by atoms with Crippen molar-refractivity contribution in [2.45, 2.75) is 186 Å². The summed E-state index contributed by atoms with van der Waals surface area (Å²) in [6, 6.07) is -1.02. The van der Waals surface area contributed by atoms with Crippen LogP contribution in [-0.4, -0.2) is 126 Å². The number of aliphatic hydroxyl groups is 3. The van der Waals surface area contributed by atoms with Gasteiger partial charge in [-0.15, -0.1) is 0 Å². The molecule has 4 aliphatic rings. The first-order valence-corrected chi connectivity index (χ1v) is 24.0. The molecule has 3 fully saturated rings. The number of Topliss-reactive ketones (excluding diaryl/α,β-unsaturated/α-hetero) is 2.